The van der Waals surface area contributed by atoms with Gasteiger partial charge in [-0.25, -0.2) is 0 Å². The van der Waals surface area contributed by atoms with Gasteiger partial charge in [0, 0.05) is 31.7 Å². The van der Waals surface area contributed by atoms with Crippen molar-refractivity contribution < 1.29 is 14.4 Å². The second kappa shape index (κ2) is 7.81. The highest BCUT2D eigenvalue weighted by molar-refractivity contribution is 6.09. The van der Waals surface area contributed by atoms with Gasteiger partial charge in [0.1, 0.15) is 12.6 Å². The van der Waals surface area contributed by atoms with E-state index in [4.69, 9.17) is 0 Å². The lowest BCUT2D eigenvalue weighted by molar-refractivity contribution is -0.124. The third-order valence-corrected chi connectivity index (χ3v) is 5.95. The van der Waals surface area contributed by atoms with Crippen LogP contribution in [0, 0.1) is 0 Å². The zero-order chi connectivity index (χ0) is 19.7. The van der Waals surface area contributed by atoms with Crippen LogP contribution < -0.4 is 15.1 Å². The largest absolute Gasteiger partial charge is 0.358 e. The molecule has 28 heavy (non-hydrogen) atoms. The Morgan fingerprint density at radius 3 is 2.57 bits per heavy atom. The second-order valence-electron chi connectivity index (χ2n) is 7.79. The van der Waals surface area contributed by atoms with Crippen molar-refractivity contribution in [3.63, 3.8) is 0 Å². The maximum atomic E-state index is 13.2. The van der Waals surface area contributed by atoms with E-state index in [-0.39, 0.29) is 30.3 Å². The van der Waals surface area contributed by atoms with Crippen LogP contribution in [-0.4, -0.2) is 61.4 Å². The fraction of sp³-hybridized carbons (Fsp3) is 0.571. The third-order valence-electron chi connectivity index (χ3n) is 5.95. The second-order valence-corrected chi connectivity index (χ2v) is 7.79. The van der Waals surface area contributed by atoms with Gasteiger partial charge >= 0.3 is 0 Å². The molecule has 150 valence electrons. The van der Waals surface area contributed by atoms with E-state index >= 15 is 0 Å². The van der Waals surface area contributed by atoms with Gasteiger partial charge in [0.15, 0.2) is 0 Å². The summed E-state index contributed by atoms with van der Waals surface area (Å²) in [6.45, 7) is 4.77. The topological polar surface area (TPSA) is 73.0 Å². The van der Waals surface area contributed by atoms with Gasteiger partial charge in [-0.2, -0.15) is 0 Å². The minimum Gasteiger partial charge on any atom is -0.358 e. The van der Waals surface area contributed by atoms with Gasteiger partial charge in [0.2, 0.25) is 11.8 Å². The minimum absolute atomic E-state index is 0.00600. The van der Waals surface area contributed by atoms with Crippen molar-refractivity contribution >= 4 is 29.1 Å². The highest BCUT2D eigenvalue weighted by Gasteiger charge is 2.40. The van der Waals surface area contributed by atoms with E-state index in [0.29, 0.717) is 17.8 Å². The first-order chi connectivity index (χ1) is 13.6. The van der Waals surface area contributed by atoms with Crippen molar-refractivity contribution in [2.24, 2.45) is 0 Å². The number of nitrogens with zero attached hydrogens (tertiary/aromatic N) is 3. The average Bonchev–Trinajstić information content (AvgIpc) is 3.25. The van der Waals surface area contributed by atoms with E-state index in [2.05, 4.69) is 10.2 Å². The molecule has 3 aliphatic heterocycles. The van der Waals surface area contributed by atoms with E-state index < -0.39 is 0 Å². The Balaban J connectivity index is 1.71. The van der Waals surface area contributed by atoms with Gasteiger partial charge in [-0.3, -0.25) is 19.3 Å². The van der Waals surface area contributed by atoms with Crippen LogP contribution in [0.15, 0.2) is 18.2 Å². The van der Waals surface area contributed by atoms with Crippen molar-refractivity contribution in [1.29, 1.82) is 0 Å². The van der Waals surface area contributed by atoms with Crippen molar-refractivity contribution in [3.8, 4) is 0 Å². The molecule has 0 aromatic heterocycles. The van der Waals surface area contributed by atoms with Crippen LogP contribution in [0.3, 0.4) is 0 Å². The van der Waals surface area contributed by atoms with Crippen LogP contribution >= 0.6 is 0 Å². The van der Waals surface area contributed by atoms with Crippen LogP contribution in [0.4, 0.5) is 11.4 Å². The Morgan fingerprint density at radius 2 is 1.82 bits per heavy atom. The van der Waals surface area contributed by atoms with Crippen molar-refractivity contribution in [3.05, 3.63) is 23.8 Å². The molecular weight excluding hydrogens is 356 g/mol. The van der Waals surface area contributed by atoms with E-state index in [1.165, 1.54) is 0 Å². The van der Waals surface area contributed by atoms with Gasteiger partial charge in [-0.15, -0.1) is 0 Å². The SMILES string of the molecule is CCNC(=O)CN1C(=O)[C@@H]2CCCCN2c2ccc(C(=O)N3CCCC3)cc21. The number of anilines is 2. The molecule has 3 heterocycles. The lowest BCUT2D eigenvalue weighted by atomic mass is 9.95. The first kappa shape index (κ1) is 18.8. The van der Waals surface area contributed by atoms with E-state index in [1.807, 2.05) is 24.0 Å². The summed E-state index contributed by atoms with van der Waals surface area (Å²) < 4.78 is 0. The first-order valence-electron chi connectivity index (χ1n) is 10.4. The number of likely N-dealkylation sites (N-methyl/N-ethyl adjacent to an activating group) is 1. The molecule has 7 heteroatoms. The maximum absolute atomic E-state index is 13.2. The van der Waals surface area contributed by atoms with Gasteiger partial charge in [0.25, 0.3) is 5.91 Å². The molecule has 1 atom stereocenters. The van der Waals surface area contributed by atoms with Crippen LogP contribution in [0.1, 0.15) is 49.4 Å². The predicted octanol–water partition coefficient (Wildman–Crippen LogP) is 1.76. The van der Waals surface area contributed by atoms with Crippen molar-refractivity contribution in [2.45, 2.75) is 45.1 Å². The Kier molecular flexibility index (Phi) is 5.24. The fourth-order valence-electron chi connectivity index (χ4n) is 4.55. The average molecular weight is 384 g/mol. The fourth-order valence-corrected chi connectivity index (χ4v) is 4.55. The third kappa shape index (κ3) is 3.34. The van der Waals surface area contributed by atoms with Crippen LogP contribution in [-0.2, 0) is 9.59 Å². The monoisotopic (exact) mass is 384 g/mol. The number of amides is 3. The normalized spacial score (nSPS) is 21.4. The first-order valence-corrected chi connectivity index (χ1v) is 10.4. The summed E-state index contributed by atoms with van der Waals surface area (Å²) in [5.41, 5.74) is 2.22. The molecule has 1 aromatic carbocycles. The van der Waals surface area contributed by atoms with Crippen molar-refractivity contribution in [1.82, 2.24) is 10.2 Å². The number of piperidine rings is 1. The van der Waals surface area contributed by atoms with E-state index in [9.17, 15) is 14.4 Å². The summed E-state index contributed by atoms with van der Waals surface area (Å²) in [5, 5.41) is 2.78. The molecule has 2 fully saturated rings. The molecule has 0 saturated carbocycles. The molecule has 2 saturated heterocycles. The summed E-state index contributed by atoms with van der Waals surface area (Å²) in [4.78, 5) is 43.9. The molecular formula is C21H28N4O3. The molecule has 1 aromatic rings. The number of fused-ring (bicyclic) bond motifs is 3. The van der Waals surface area contributed by atoms with Gasteiger partial charge in [-0.1, -0.05) is 0 Å². The van der Waals surface area contributed by atoms with Gasteiger partial charge in [0.05, 0.1) is 11.4 Å². The summed E-state index contributed by atoms with van der Waals surface area (Å²) in [7, 11) is 0. The molecule has 0 unspecified atom stereocenters. The molecule has 1 N–H and O–H groups in total. The Labute approximate surface area is 165 Å². The lowest BCUT2D eigenvalue weighted by Gasteiger charge is -2.45. The maximum Gasteiger partial charge on any atom is 0.253 e. The zero-order valence-electron chi connectivity index (χ0n) is 16.4. The number of carbonyl (C=O) groups excluding carboxylic acids is 3. The predicted molar refractivity (Wildman–Crippen MR) is 108 cm³/mol. The number of benzene rings is 1. The quantitative estimate of drug-likeness (QED) is 0.859. The number of nitrogens with one attached hydrogen (secondary N) is 1. The smallest absolute Gasteiger partial charge is 0.253 e. The molecule has 3 amide bonds. The molecule has 3 aliphatic rings. The summed E-state index contributed by atoms with van der Waals surface area (Å²) in [5.74, 6) is -0.210. The van der Waals surface area contributed by atoms with E-state index in [1.54, 1.807) is 11.0 Å². The lowest BCUT2D eigenvalue weighted by Crippen LogP contribution is -2.57. The van der Waals surface area contributed by atoms with Gasteiger partial charge < -0.3 is 15.1 Å². The minimum atomic E-state index is -0.212. The Hall–Kier alpha value is -2.57. The highest BCUT2D eigenvalue weighted by Crippen LogP contribution is 2.40. The number of carbonyl (C=O) groups is 3. The molecule has 4 rings (SSSR count). The summed E-state index contributed by atoms with van der Waals surface area (Å²) in [6.07, 6.45) is 4.94. The number of hydrogen-bond acceptors (Lipinski definition) is 4. The van der Waals surface area contributed by atoms with Gasteiger partial charge in [-0.05, 0) is 57.2 Å². The summed E-state index contributed by atoms with van der Waals surface area (Å²) in [6, 6.07) is 5.41. The van der Waals surface area contributed by atoms with Crippen LogP contribution in [0.25, 0.3) is 0 Å². The number of rotatable bonds is 4. The van der Waals surface area contributed by atoms with Crippen LogP contribution in [0.2, 0.25) is 0 Å². The van der Waals surface area contributed by atoms with Crippen LogP contribution in [0.5, 0.6) is 0 Å². The molecule has 0 aliphatic carbocycles. The van der Waals surface area contributed by atoms with Crippen molar-refractivity contribution in [2.75, 3.05) is 42.5 Å². The summed E-state index contributed by atoms with van der Waals surface area (Å²) >= 11 is 0. The molecule has 0 radical (unpaired) electrons. The zero-order valence-corrected chi connectivity index (χ0v) is 16.4. The highest BCUT2D eigenvalue weighted by atomic mass is 16.2. The standard InChI is InChI=1S/C21H28N4O3/c1-2-22-19(26)14-25-18-13-15(20(27)23-10-5-6-11-23)8-9-16(18)24-12-4-3-7-17(24)21(25)28/h8-9,13,17H,2-7,10-12,14H2,1H3,(H,22,26)/t17-/m0/s1. The Bertz CT molecular complexity index is 788. The number of likely N-dealkylation sites (tertiary alicyclic amines) is 1. The molecule has 0 spiro atoms. The van der Waals surface area contributed by atoms with E-state index in [0.717, 1.165) is 57.4 Å². The number of hydrogen-bond donors (Lipinski definition) is 1. The molecule has 0 bridgehead atoms. The Morgan fingerprint density at radius 1 is 1.07 bits per heavy atom. The molecule has 7 nitrogen and oxygen atoms in total.